The summed E-state index contributed by atoms with van der Waals surface area (Å²) in [5.41, 5.74) is -0.997. The van der Waals surface area contributed by atoms with Gasteiger partial charge in [-0.15, -0.1) is 5.11 Å². The normalized spacial score (nSPS) is 10.5. The molecule has 0 spiro atoms. The highest BCUT2D eigenvalue weighted by Crippen LogP contribution is 2.33. The van der Waals surface area contributed by atoms with Crippen LogP contribution in [0, 0.1) is 63.1 Å². The van der Waals surface area contributed by atoms with Crippen LogP contribution in [0.4, 0.5) is 44.7 Å². The Hall–Kier alpha value is -5.50. The molecule has 0 radical (unpaired) electrons. The predicted molar refractivity (Wildman–Crippen MR) is 154 cm³/mol. The van der Waals surface area contributed by atoms with E-state index in [4.69, 9.17) is 4.74 Å². The highest BCUT2D eigenvalue weighted by molar-refractivity contribution is 5.90. The van der Waals surface area contributed by atoms with Crippen LogP contribution >= 0.6 is 0 Å². The van der Waals surface area contributed by atoms with Crippen LogP contribution in [-0.4, -0.2) is 24.1 Å². The third-order valence-electron chi connectivity index (χ3n) is 5.66. The molecule has 0 heterocycles. The number of halogens is 5. The molecule has 0 saturated heterocycles. The number of ether oxygens (including phenoxy) is 2. The topological polar surface area (TPSA) is 107 Å². The van der Waals surface area contributed by atoms with E-state index in [-0.39, 0.29) is 17.1 Å². The number of hydrogen-bond donors (Lipinski definition) is 0. The fourth-order valence-electron chi connectivity index (χ4n) is 3.41. The summed E-state index contributed by atoms with van der Waals surface area (Å²) in [6.07, 6.45) is 3.23. The minimum absolute atomic E-state index is 0.0354. The van der Waals surface area contributed by atoms with Crippen LogP contribution in [0.3, 0.4) is 0 Å². The molecule has 0 aliphatic carbocycles. The first-order valence-electron chi connectivity index (χ1n) is 13.5. The van der Waals surface area contributed by atoms with E-state index in [0.717, 1.165) is 25.0 Å². The Balaban J connectivity index is 1.74. The van der Waals surface area contributed by atoms with Gasteiger partial charge in [-0.25, -0.2) is 31.6 Å². The third kappa shape index (κ3) is 9.00. The first-order valence-corrected chi connectivity index (χ1v) is 13.5. The minimum atomic E-state index is -2.43. The average Bonchev–Trinajstić information content (AvgIpc) is 3.03. The molecule has 3 rings (SSSR count). The van der Waals surface area contributed by atoms with Gasteiger partial charge in [-0.3, -0.25) is 10.1 Å². The second kappa shape index (κ2) is 16.4. The summed E-state index contributed by atoms with van der Waals surface area (Å²) in [7, 11) is 0. The van der Waals surface area contributed by atoms with Crippen molar-refractivity contribution in [2.24, 2.45) is 10.2 Å². The number of azo groups is 1. The molecule has 0 unspecified atom stereocenters. The van der Waals surface area contributed by atoms with E-state index in [0.29, 0.717) is 24.2 Å². The molecule has 234 valence electrons. The summed E-state index contributed by atoms with van der Waals surface area (Å²) in [5.74, 6) is -7.65. The lowest BCUT2D eigenvalue weighted by Crippen LogP contribution is -2.18. The summed E-state index contributed by atoms with van der Waals surface area (Å²) in [4.78, 5) is 24.2. The first kappa shape index (κ1) is 34.0. The highest BCUT2D eigenvalue weighted by Gasteiger charge is 2.30. The maximum absolute atomic E-state index is 13.9. The van der Waals surface area contributed by atoms with Gasteiger partial charge in [0.05, 0.1) is 22.4 Å². The molecule has 0 atom stereocenters. The highest BCUT2D eigenvalue weighted by atomic mass is 19.2. The van der Waals surface area contributed by atoms with Gasteiger partial charge in [0.15, 0.2) is 29.0 Å². The van der Waals surface area contributed by atoms with E-state index in [2.05, 4.69) is 38.9 Å². The fraction of sp³-hybridized carbons (Fsp3) is 0.258. The first-order chi connectivity index (χ1) is 21.6. The van der Waals surface area contributed by atoms with Crippen molar-refractivity contribution in [3.05, 3.63) is 87.2 Å². The number of esters is 1. The molecule has 3 aromatic carbocycles. The second-order valence-corrected chi connectivity index (χ2v) is 8.97. The van der Waals surface area contributed by atoms with E-state index in [9.17, 15) is 36.9 Å². The number of hydrogen-bond acceptors (Lipinski definition) is 8. The van der Waals surface area contributed by atoms with Crippen LogP contribution in [0.25, 0.3) is 0 Å². The Labute approximate surface area is 254 Å². The van der Waals surface area contributed by atoms with Crippen molar-refractivity contribution < 1.29 is 41.1 Å². The van der Waals surface area contributed by atoms with E-state index < -0.39 is 58.8 Å². The molecular weight excluding hydrogens is 603 g/mol. The van der Waals surface area contributed by atoms with Crippen LogP contribution in [-0.2, 0) is 4.74 Å². The molecule has 0 bridgehead atoms. The zero-order valence-electron chi connectivity index (χ0n) is 24.0. The maximum atomic E-state index is 13.9. The number of anilines is 1. The zero-order valence-corrected chi connectivity index (χ0v) is 24.0. The van der Waals surface area contributed by atoms with Crippen LogP contribution in [0.5, 0.6) is 5.75 Å². The zero-order chi connectivity index (χ0) is 32.9. The molecule has 45 heavy (non-hydrogen) atoms. The maximum Gasteiger partial charge on any atom is 0.344 e. The number of nitro groups is 1. The summed E-state index contributed by atoms with van der Waals surface area (Å²) < 4.78 is 77.8. The molecule has 0 fully saturated rings. The molecule has 0 amide bonds. The van der Waals surface area contributed by atoms with E-state index >= 15 is 0 Å². The van der Waals surface area contributed by atoms with Gasteiger partial charge in [0.25, 0.3) is 5.69 Å². The van der Waals surface area contributed by atoms with E-state index in [1.165, 1.54) is 6.07 Å². The number of non-ortho nitro benzene ring substituents is 1. The van der Waals surface area contributed by atoms with Crippen LogP contribution in [0.2, 0.25) is 0 Å². The van der Waals surface area contributed by atoms with Gasteiger partial charge in [-0.2, -0.15) is 5.11 Å². The van der Waals surface area contributed by atoms with Crippen LogP contribution in [0.15, 0.2) is 52.7 Å². The number of nitro benzene ring substituents is 1. The number of benzene rings is 3. The molecule has 0 aliphatic rings. The van der Waals surface area contributed by atoms with E-state index in [1.54, 1.807) is 29.2 Å². The monoisotopic (exact) mass is 628 g/mol. The van der Waals surface area contributed by atoms with Gasteiger partial charge >= 0.3 is 5.97 Å². The number of unbranched alkanes of at least 4 members (excludes halogenated alkanes) is 2. The third-order valence-corrected chi connectivity index (χ3v) is 5.66. The van der Waals surface area contributed by atoms with Gasteiger partial charge in [0.1, 0.15) is 24.5 Å². The summed E-state index contributed by atoms with van der Waals surface area (Å²) in [6, 6.07) is 16.2. The Kier molecular flexibility index (Phi) is 12.4. The lowest BCUT2D eigenvalue weighted by Gasteiger charge is -2.11. The Morgan fingerprint density at radius 3 is 1.98 bits per heavy atom. The van der Waals surface area contributed by atoms with Crippen molar-refractivity contribution in [3.63, 3.8) is 0 Å². The molecular formula is C31H25F5N4O5. The largest absolute Gasteiger partial charge is 0.487 e. The number of carbonyl (C=O) groups excluding carboxylic acids is 1. The van der Waals surface area contributed by atoms with Gasteiger partial charge in [0, 0.05) is 31.0 Å². The summed E-state index contributed by atoms with van der Waals surface area (Å²) >= 11 is 0. The van der Waals surface area contributed by atoms with Crippen molar-refractivity contribution in [1.82, 2.24) is 0 Å². The molecule has 0 aliphatic heterocycles. The average molecular weight is 629 g/mol. The standard InChI is InChI=1S/C31H25F5N4O5/c1-3-5-7-15-39(16-8-6-4-2)21-11-9-20(10-12-21)37-38-23-14-13-22(40(42)43)19-24(23)44-17-18-45-31(41)25-26(32)28(34)30(36)29(35)27(25)33/h9-14,19H,3-6,17-18H2,1-2H3. The smallest absolute Gasteiger partial charge is 0.344 e. The Morgan fingerprint density at radius 1 is 0.844 bits per heavy atom. The molecule has 0 saturated carbocycles. The number of rotatable bonds is 11. The van der Waals surface area contributed by atoms with Crippen molar-refractivity contribution in [2.75, 3.05) is 18.1 Å². The van der Waals surface area contributed by atoms with Crippen molar-refractivity contribution in [3.8, 4) is 29.7 Å². The summed E-state index contributed by atoms with van der Waals surface area (Å²) in [5, 5.41) is 19.4. The van der Waals surface area contributed by atoms with Crippen LogP contribution in [0.1, 0.15) is 49.9 Å². The fourth-order valence-corrected chi connectivity index (χ4v) is 3.41. The summed E-state index contributed by atoms with van der Waals surface area (Å²) in [6.45, 7) is 2.78. The van der Waals surface area contributed by atoms with Crippen molar-refractivity contribution >= 4 is 28.7 Å². The molecule has 3 aromatic rings. The lowest BCUT2D eigenvalue weighted by atomic mass is 10.1. The number of carbonyl (C=O) groups is 1. The second-order valence-electron chi connectivity index (χ2n) is 8.97. The molecule has 0 aromatic heterocycles. The van der Waals surface area contributed by atoms with Gasteiger partial charge in [-0.1, -0.05) is 25.7 Å². The van der Waals surface area contributed by atoms with Crippen LogP contribution < -0.4 is 9.64 Å². The Bertz CT molecular complexity index is 1660. The predicted octanol–water partition coefficient (Wildman–Crippen LogP) is 8.27. The quantitative estimate of drug-likeness (QED) is 0.0202. The lowest BCUT2D eigenvalue weighted by molar-refractivity contribution is -0.384. The van der Waals surface area contributed by atoms with Crippen molar-refractivity contribution in [2.45, 2.75) is 39.5 Å². The molecule has 0 N–H and O–H groups in total. The van der Waals surface area contributed by atoms with Gasteiger partial charge < -0.3 is 9.47 Å². The molecule has 9 nitrogen and oxygen atoms in total. The Morgan fingerprint density at radius 2 is 1.42 bits per heavy atom. The van der Waals surface area contributed by atoms with Gasteiger partial charge in [0.2, 0.25) is 5.82 Å². The minimum Gasteiger partial charge on any atom is -0.487 e. The SMILES string of the molecule is CCCC#CN(C#CCCC)c1ccc(N=Nc2ccc([N+](=O)[O-])cc2OCCOC(=O)c2c(F)c(F)c(F)c(F)c2F)cc1. The van der Waals surface area contributed by atoms with E-state index in [1.807, 2.05) is 13.8 Å². The molecule has 14 heteroatoms. The van der Waals surface area contributed by atoms with Crippen molar-refractivity contribution in [1.29, 1.82) is 0 Å². The van der Waals surface area contributed by atoms with Gasteiger partial charge in [-0.05, 0) is 43.2 Å². The number of nitrogens with zero attached hydrogens (tertiary/aromatic N) is 4.